The van der Waals surface area contributed by atoms with Gasteiger partial charge in [-0.05, 0) is 0 Å². The number of nitrogens with zero attached hydrogens (tertiary/aromatic N) is 2. The van der Waals surface area contributed by atoms with Gasteiger partial charge >= 0.3 is 11.9 Å². The van der Waals surface area contributed by atoms with Crippen molar-refractivity contribution in [1.82, 2.24) is 0 Å². The molecule has 8 N–H and O–H groups in total. The SMILES string of the molecule is NC(N)=[N+]1CC[N+](=C(N)N)CC1. The molecular formula is C6H16N6+2. The lowest BCUT2D eigenvalue weighted by atomic mass is 10.4. The minimum absolute atomic E-state index is 0.366. The van der Waals surface area contributed by atoms with Crippen molar-refractivity contribution in [1.29, 1.82) is 0 Å². The van der Waals surface area contributed by atoms with Crippen LogP contribution in [0.15, 0.2) is 0 Å². The molecule has 0 unspecified atom stereocenters. The molecule has 6 nitrogen and oxygen atoms in total. The monoisotopic (exact) mass is 172 g/mol. The summed E-state index contributed by atoms with van der Waals surface area (Å²) in [5.74, 6) is 0.732. The van der Waals surface area contributed by atoms with Crippen LogP contribution in [-0.2, 0) is 0 Å². The Labute approximate surface area is 71.1 Å². The molecule has 1 rings (SSSR count). The second-order valence-corrected chi connectivity index (χ2v) is 2.82. The number of guanidine groups is 2. The topological polar surface area (TPSA) is 110 Å². The van der Waals surface area contributed by atoms with E-state index in [-0.39, 0.29) is 0 Å². The number of piperazine rings is 1. The summed E-state index contributed by atoms with van der Waals surface area (Å²) in [5, 5.41) is 0. The molecule has 0 aromatic carbocycles. The molecule has 0 aromatic rings. The molecule has 1 aliphatic rings. The van der Waals surface area contributed by atoms with E-state index in [1.54, 1.807) is 0 Å². The van der Waals surface area contributed by atoms with E-state index < -0.39 is 0 Å². The van der Waals surface area contributed by atoms with Crippen molar-refractivity contribution in [2.45, 2.75) is 0 Å². The molecule has 12 heavy (non-hydrogen) atoms. The van der Waals surface area contributed by atoms with E-state index in [9.17, 15) is 0 Å². The van der Waals surface area contributed by atoms with E-state index in [1.807, 2.05) is 9.15 Å². The smallest absolute Gasteiger partial charge is 0.291 e. The van der Waals surface area contributed by atoms with Crippen molar-refractivity contribution >= 4 is 11.9 Å². The maximum Gasteiger partial charge on any atom is 0.341 e. The van der Waals surface area contributed by atoms with Gasteiger partial charge in [0.1, 0.15) is 0 Å². The number of rotatable bonds is 0. The van der Waals surface area contributed by atoms with Gasteiger partial charge in [-0.15, -0.1) is 0 Å². The molecule has 0 bridgehead atoms. The van der Waals surface area contributed by atoms with Crippen LogP contribution in [0.1, 0.15) is 0 Å². The molecule has 68 valence electrons. The largest absolute Gasteiger partial charge is 0.341 e. The van der Waals surface area contributed by atoms with E-state index >= 15 is 0 Å². The normalized spacial score (nSPS) is 17.7. The van der Waals surface area contributed by atoms with Crippen molar-refractivity contribution in [2.75, 3.05) is 26.2 Å². The van der Waals surface area contributed by atoms with Crippen LogP contribution in [0.2, 0.25) is 0 Å². The molecule has 1 saturated heterocycles. The second kappa shape index (κ2) is 3.29. The minimum atomic E-state index is 0.366. The predicted octanol–water partition coefficient (Wildman–Crippen LogP) is -3.43. The molecule has 0 radical (unpaired) electrons. The maximum absolute atomic E-state index is 5.42. The first kappa shape index (κ1) is 8.63. The van der Waals surface area contributed by atoms with Crippen molar-refractivity contribution in [2.24, 2.45) is 22.9 Å². The van der Waals surface area contributed by atoms with Crippen molar-refractivity contribution < 1.29 is 9.15 Å². The summed E-state index contributed by atoms with van der Waals surface area (Å²) in [6.45, 7) is 3.11. The van der Waals surface area contributed by atoms with Crippen LogP contribution < -0.4 is 22.9 Å². The van der Waals surface area contributed by atoms with Gasteiger partial charge in [-0.1, -0.05) is 0 Å². The van der Waals surface area contributed by atoms with Crippen molar-refractivity contribution in [3.63, 3.8) is 0 Å². The third kappa shape index (κ3) is 1.77. The molecule has 0 atom stereocenters. The number of nitrogens with two attached hydrogens (primary N) is 4. The summed E-state index contributed by atoms with van der Waals surface area (Å²) in [6.07, 6.45) is 0. The molecular weight excluding hydrogens is 156 g/mol. The Hall–Kier alpha value is -1.46. The first-order chi connectivity index (χ1) is 5.61. The second-order valence-electron chi connectivity index (χ2n) is 2.82. The highest BCUT2D eigenvalue weighted by atomic mass is 15.2. The van der Waals surface area contributed by atoms with Crippen LogP contribution in [0, 0.1) is 0 Å². The van der Waals surface area contributed by atoms with Gasteiger partial charge in [0, 0.05) is 0 Å². The van der Waals surface area contributed by atoms with E-state index in [2.05, 4.69) is 0 Å². The van der Waals surface area contributed by atoms with Gasteiger partial charge in [0.2, 0.25) is 0 Å². The van der Waals surface area contributed by atoms with Gasteiger partial charge in [0.15, 0.2) is 0 Å². The quantitative estimate of drug-likeness (QED) is 0.225. The highest BCUT2D eigenvalue weighted by Crippen LogP contribution is 1.87. The molecule has 0 aliphatic carbocycles. The van der Waals surface area contributed by atoms with E-state index in [1.165, 1.54) is 0 Å². The Kier molecular flexibility index (Phi) is 2.37. The first-order valence-corrected chi connectivity index (χ1v) is 3.87. The first-order valence-electron chi connectivity index (χ1n) is 3.87. The lowest BCUT2D eigenvalue weighted by Gasteiger charge is -2.17. The molecule has 1 fully saturated rings. The summed E-state index contributed by atoms with van der Waals surface area (Å²) >= 11 is 0. The fourth-order valence-corrected chi connectivity index (χ4v) is 1.22. The van der Waals surface area contributed by atoms with Gasteiger partial charge < -0.3 is 0 Å². The summed E-state index contributed by atoms with van der Waals surface area (Å²) < 4.78 is 3.80. The molecule has 0 spiro atoms. The standard InChI is InChI=1S/C6H14N6/c7-5(8)11-1-2-12(4-3-11)6(9)10/h1-4H2,(H6,7,8,9,10)/p+2. The summed E-state index contributed by atoms with van der Waals surface area (Å²) in [5.41, 5.74) is 21.7. The molecule has 6 heteroatoms. The predicted molar refractivity (Wildman–Crippen MR) is 46.8 cm³/mol. The van der Waals surface area contributed by atoms with E-state index in [0.717, 1.165) is 26.2 Å². The van der Waals surface area contributed by atoms with Gasteiger partial charge in [-0.3, -0.25) is 32.1 Å². The summed E-state index contributed by atoms with van der Waals surface area (Å²) in [7, 11) is 0. The molecule has 0 saturated carbocycles. The summed E-state index contributed by atoms with van der Waals surface area (Å²) in [4.78, 5) is 0. The van der Waals surface area contributed by atoms with Gasteiger partial charge in [-0.2, -0.15) is 0 Å². The Morgan fingerprint density at radius 2 is 0.917 bits per heavy atom. The van der Waals surface area contributed by atoms with Crippen molar-refractivity contribution in [3.05, 3.63) is 0 Å². The van der Waals surface area contributed by atoms with E-state index in [4.69, 9.17) is 22.9 Å². The van der Waals surface area contributed by atoms with Crippen LogP contribution in [0.5, 0.6) is 0 Å². The van der Waals surface area contributed by atoms with Crippen LogP contribution in [0.4, 0.5) is 0 Å². The third-order valence-corrected chi connectivity index (χ3v) is 2.01. The average molecular weight is 172 g/mol. The van der Waals surface area contributed by atoms with Crippen LogP contribution in [-0.4, -0.2) is 47.2 Å². The Morgan fingerprint density at radius 3 is 1.08 bits per heavy atom. The number of hydrogen-bond acceptors (Lipinski definition) is 0. The fraction of sp³-hybridized carbons (Fsp3) is 0.667. The van der Waals surface area contributed by atoms with Gasteiger partial charge in [0.25, 0.3) is 0 Å². The molecule has 0 aromatic heterocycles. The van der Waals surface area contributed by atoms with Crippen LogP contribution in [0.25, 0.3) is 0 Å². The Balaban J connectivity index is 2.63. The fourth-order valence-electron chi connectivity index (χ4n) is 1.22. The zero-order chi connectivity index (χ0) is 9.14. The van der Waals surface area contributed by atoms with Crippen LogP contribution >= 0.6 is 0 Å². The molecule has 0 amide bonds. The highest BCUT2D eigenvalue weighted by Gasteiger charge is 2.16. The zero-order valence-corrected chi connectivity index (χ0v) is 7.03. The molecule has 1 aliphatic heterocycles. The van der Waals surface area contributed by atoms with E-state index in [0.29, 0.717) is 11.9 Å². The Bertz CT molecular complexity index is 194. The highest BCUT2D eigenvalue weighted by molar-refractivity contribution is 5.71. The summed E-state index contributed by atoms with van der Waals surface area (Å²) in [6, 6.07) is 0. The minimum Gasteiger partial charge on any atom is -0.291 e. The Morgan fingerprint density at radius 1 is 0.667 bits per heavy atom. The average Bonchev–Trinajstić information content (AvgIpc) is 2.04. The lowest BCUT2D eigenvalue weighted by Crippen LogP contribution is -2.49. The van der Waals surface area contributed by atoms with Gasteiger partial charge in [0.05, 0.1) is 26.2 Å². The van der Waals surface area contributed by atoms with Crippen molar-refractivity contribution in [3.8, 4) is 0 Å². The zero-order valence-electron chi connectivity index (χ0n) is 7.03. The number of hydrogen-bond donors (Lipinski definition) is 4. The van der Waals surface area contributed by atoms with Crippen LogP contribution in [0.3, 0.4) is 0 Å². The maximum atomic E-state index is 5.42. The lowest BCUT2D eigenvalue weighted by molar-refractivity contribution is -0.666. The third-order valence-electron chi connectivity index (χ3n) is 2.01. The van der Waals surface area contributed by atoms with Gasteiger partial charge in [-0.25, -0.2) is 0 Å². The molecule has 1 heterocycles.